The van der Waals surface area contributed by atoms with Gasteiger partial charge < -0.3 is 14.4 Å². The smallest absolute Gasteiger partial charge is 0.138 e. The van der Waals surface area contributed by atoms with Crippen molar-refractivity contribution < 1.29 is 9.84 Å². The number of aryl methyl sites for hydroxylation is 1. The molecule has 0 aliphatic rings. The Morgan fingerprint density at radius 3 is 3.05 bits per heavy atom. The molecular formula is C15H17N3O2. The van der Waals surface area contributed by atoms with E-state index in [0.29, 0.717) is 18.8 Å². The summed E-state index contributed by atoms with van der Waals surface area (Å²) in [5.74, 6) is 7.45. The number of aliphatic hydroxyl groups excluding tert-OH is 1. The van der Waals surface area contributed by atoms with Crippen molar-refractivity contribution in [3.63, 3.8) is 0 Å². The van der Waals surface area contributed by atoms with Gasteiger partial charge in [-0.2, -0.15) is 0 Å². The highest BCUT2D eigenvalue weighted by molar-refractivity contribution is 5.36. The molecule has 5 nitrogen and oxygen atoms in total. The molecule has 0 spiro atoms. The van der Waals surface area contributed by atoms with Gasteiger partial charge in [-0.05, 0) is 13.0 Å². The molecule has 1 N–H and O–H groups in total. The molecule has 5 heteroatoms. The normalized spacial score (nSPS) is 9.90. The van der Waals surface area contributed by atoms with E-state index in [-0.39, 0.29) is 6.61 Å². The van der Waals surface area contributed by atoms with Gasteiger partial charge in [0.15, 0.2) is 0 Å². The van der Waals surface area contributed by atoms with Crippen molar-refractivity contribution in [2.24, 2.45) is 0 Å². The minimum Gasteiger partial charge on any atom is -0.490 e. The van der Waals surface area contributed by atoms with Crippen LogP contribution in [0, 0.1) is 18.8 Å². The summed E-state index contributed by atoms with van der Waals surface area (Å²) in [6, 6.07) is 1.85. The van der Waals surface area contributed by atoms with Crippen LogP contribution in [0.4, 0.5) is 0 Å². The molecule has 20 heavy (non-hydrogen) atoms. The molecule has 0 fully saturated rings. The second-order valence-corrected chi connectivity index (χ2v) is 4.20. The first kappa shape index (κ1) is 14.1. The van der Waals surface area contributed by atoms with Gasteiger partial charge in [0, 0.05) is 30.6 Å². The van der Waals surface area contributed by atoms with Crippen LogP contribution in [0.5, 0.6) is 5.75 Å². The van der Waals surface area contributed by atoms with Crippen molar-refractivity contribution in [2.45, 2.75) is 19.9 Å². The summed E-state index contributed by atoms with van der Waals surface area (Å²) in [4.78, 5) is 8.24. The van der Waals surface area contributed by atoms with E-state index in [1.807, 2.05) is 23.8 Å². The second kappa shape index (κ2) is 7.31. The number of aliphatic hydroxyl groups is 1. The Kier molecular flexibility index (Phi) is 5.15. The first-order valence-electron chi connectivity index (χ1n) is 6.45. The highest BCUT2D eigenvalue weighted by atomic mass is 16.5. The van der Waals surface area contributed by atoms with Gasteiger partial charge in [0.1, 0.15) is 18.2 Å². The van der Waals surface area contributed by atoms with Crippen molar-refractivity contribution in [3.05, 3.63) is 42.2 Å². The molecule has 2 aromatic heterocycles. The van der Waals surface area contributed by atoms with E-state index < -0.39 is 0 Å². The maximum atomic E-state index is 8.68. The van der Waals surface area contributed by atoms with Gasteiger partial charge >= 0.3 is 0 Å². The molecule has 0 saturated heterocycles. The van der Waals surface area contributed by atoms with Gasteiger partial charge in [0.05, 0.1) is 19.3 Å². The number of aromatic nitrogens is 3. The SMILES string of the molecule is Cc1nccn1CCOc1cncc(C#CCCO)c1. The van der Waals surface area contributed by atoms with Crippen LogP contribution in [-0.2, 0) is 6.54 Å². The van der Waals surface area contributed by atoms with Crippen LogP contribution in [0.3, 0.4) is 0 Å². The molecule has 0 saturated carbocycles. The van der Waals surface area contributed by atoms with Gasteiger partial charge in [0.25, 0.3) is 0 Å². The minimum atomic E-state index is 0.0703. The zero-order chi connectivity index (χ0) is 14.2. The van der Waals surface area contributed by atoms with Crippen LogP contribution < -0.4 is 4.74 Å². The summed E-state index contributed by atoms with van der Waals surface area (Å²) in [5, 5.41) is 8.68. The summed E-state index contributed by atoms with van der Waals surface area (Å²) in [7, 11) is 0. The van der Waals surface area contributed by atoms with Crippen LogP contribution in [-0.4, -0.2) is 32.9 Å². The number of hydrogen-bond acceptors (Lipinski definition) is 4. The summed E-state index contributed by atoms with van der Waals surface area (Å²) < 4.78 is 7.68. The lowest BCUT2D eigenvalue weighted by Crippen LogP contribution is -2.08. The summed E-state index contributed by atoms with van der Waals surface area (Å²) in [6.45, 7) is 3.32. The number of imidazole rings is 1. The quantitative estimate of drug-likeness (QED) is 0.835. The van der Waals surface area contributed by atoms with E-state index in [0.717, 1.165) is 17.9 Å². The Hall–Kier alpha value is -2.32. The summed E-state index contributed by atoms with van der Waals surface area (Å²) in [6.07, 6.45) is 7.50. The standard InChI is InChI=1S/C15H17N3O2/c1-13-17-5-6-18(13)7-9-20-15-10-14(11-16-12-15)4-2-3-8-19/h5-6,10-12,19H,3,7-9H2,1H3. The van der Waals surface area contributed by atoms with E-state index in [1.165, 1.54) is 0 Å². The molecule has 104 valence electrons. The maximum absolute atomic E-state index is 8.68. The van der Waals surface area contributed by atoms with Crippen LogP contribution >= 0.6 is 0 Å². The molecule has 2 heterocycles. The Bertz CT molecular complexity index is 611. The number of rotatable bonds is 5. The predicted octanol–water partition coefficient (Wildman–Crippen LogP) is 1.40. The maximum Gasteiger partial charge on any atom is 0.138 e. The van der Waals surface area contributed by atoms with Gasteiger partial charge in [-0.3, -0.25) is 4.98 Å². The van der Waals surface area contributed by atoms with Crippen LogP contribution in [0.25, 0.3) is 0 Å². The third-order valence-electron chi connectivity index (χ3n) is 2.71. The molecule has 0 unspecified atom stereocenters. The van der Waals surface area contributed by atoms with Crippen LogP contribution in [0.15, 0.2) is 30.9 Å². The number of pyridine rings is 1. The fourth-order valence-electron chi connectivity index (χ4n) is 1.69. The lowest BCUT2D eigenvalue weighted by molar-refractivity contribution is 0.296. The molecule has 2 rings (SSSR count). The highest BCUT2D eigenvalue weighted by Crippen LogP contribution is 2.10. The lowest BCUT2D eigenvalue weighted by atomic mass is 10.2. The predicted molar refractivity (Wildman–Crippen MR) is 75.3 cm³/mol. The fraction of sp³-hybridized carbons (Fsp3) is 0.333. The monoisotopic (exact) mass is 271 g/mol. The van der Waals surface area contributed by atoms with Gasteiger partial charge in [-0.25, -0.2) is 4.98 Å². The van der Waals surface area contributed by atoms with E-state index >= 15 is 0 Å². The first-order valence-corrected chi connectivity index (χ1v) is 6.45. The van der Waals surface area contributed by atoms with Crippen molar-refractivity contribution in [1.29, 1.82) is 0 Å². The average molecular weight is 271 g/mol. The molecule has 0 bridgehead atoms. The van der Waals surface area contributed by atoms with E-state index in [9.17, 15) is 0 Å². The Morgan fingerprint density at radius 2 is 2.30 bits per heavy atom. The lowest BCUT2D eigenvalue weighted by Gasteiger charge is -2.07. The van der Waals surface area contributed by atoms with Crippen molar-refractivity contribution >= 4 is 0 Å². The van der Waals surface area contributed by atoms with Crippen molar-refractivity contribution in [2.75, 3.05) is 13.2 Å². The van der Waals surface area contributed by atoms with Gasteiger partial charge in [-0.15, -0.1) is 0 Å². The number of nitrogens with zero attached hydrogens (tertiary/aromatic N) is 3. The summed E-state index contributed by atoms with van der Waals surface area (Å²) >= 11 is 0. The molecule has 0 radical (unpaired) electrons. The van der Waals surface area contributed by atoms with Crippen molar-refractivity contribution in [3.8, 4) is 17.6 Å². The number of ether oxygens (including phenoxy) is 1. The van der Waals surface area contributed by atoms with Gasteiger partial charge in [-0.1, -0.05) is 11.8 Å². The van der Waals surface area contributed by atoms with Gasteiger partial charge in [0.2, 0.25) is 0 Å². The molecule has 0 aromatic carbocycles. The summed E-state index contributed by atoms with van der Waals surface area (Å²) in [5.41, 5.74) is 0.787. The fourth-order valence-corrected chi connectivity index (χ4v) is 1.69. The van der Waals surface area contributed by atoms with Crippen LogP contribution in [0.1, 0.15) is 17.8 Å². The zero-order valence-corrected chi connectivity index (χ0v) is 11.4. The molecule has 0 atom stereocenters. The molecule has 0 amide bonds. The third-order valence-corrected chi connectivity index (χ3v) is 2.71. The van der Waals surface area contributed by atoms with Crippen molar-refractivity contribution in [1.82, 2.24) is 14.5 Å². The average Bonchev–Trinajstić information content (AvgIpc) is 2.85. The molecule has 0 aliphatic carbocycles. The Balaban J connectivity index is 1.89. The third kappa shape index (κ3) is 4.11. The largest absolute Gasteiger partial charge is 0.490 e. The Morgan fingerprint density at radius 1 is 1.40 bits per heavy atom. The number of hydrogen-bond donors (Lipinski definition) is 1. The zero-order valence-electron chi connectivity index (χ0n) is 11.4. The van der Waals surface area contributed by atoms with E-state index in [2.05, 4.69) is 21.8 Å². The Labute approximate surface area is 118 Å². The molecule has 2 aromatic rings. The molecule has 0 aliphatic heterocycles. The minimum absolute atomic E-state index is 0.0703. The van der Waals surface area contributed by atoms with E-state index in [4.69, 9.17) is 9.84 Å². The van der Waals surface area contributed by atoms with E-state index in [1.54, 1.807) is 18.6 Å². The topological polar surface area (TPSA) is 60.2 Å². The molecular weight excluding hydrogens is 254 g/mol. The first-order chi connectivity index (χ1) is 9.79. The second-order valence-electron chi connectivity index (χ2n) is 4.20. The highest BCUT2D eigenvalue weighted by Gasteiger charge is 1.99. The van der Waals surface area contributed by atoms with Crippen LogP contribution in [0.2, 0.25) is 0 Å².